The molecule has 0 saturated heterocycles. The van der Waals surface area contributed by atoms with Crippen molar-refractivity contribution in [3.05, 3.63) is 30.1 Å². The van der Waals surface area contributed by atoms with Crippen molar-refractivity contribution < 1.29 is 4.79 Å². The van der Waals surface area contributed by atoms with Crippen LogP contribution < -0.4 is 11.1 Å². The van der Waals surface area contributed by atoms with Gasteiger partial charge >= 0.3 is 0 Å². The highest BCUT2D eigenvalue weighted by atomic mass is 35.5. The Hall–Kier alpha value is -0.840. The van der Waals surface area contributed by atoms with Crippen LogP contribution in [0.15, 0.2) is 24.5 Å². The minimum atomic E-state index is -0.339. The van der Waals surface area contributed by atoms with E-state index in [9.17, 15) is 4.79 Å². The fourth-order valence-corrected chi connectivity index (χ4v) is 0.872. The number of pyridine rings is 1. The zero-order valence-electron chi connectivity index (χ0n) is 8.34. The van der Waals surface area contributed by atoms with Gasteiger partial charge in [-0.15, -0.1) is 24.8 Å². The van der Waals surface area contributed by atoms with Crippen molar-refractivity contribution in [2.24, 2.45) is 5.73 Å². The summed E-state index contributed by atoms with van der Waals surface area (Å²) in [5.74, 6) is -0.339. The number of carbonyl (C=O) groups is 1. The van der Waals surface area contributed by atoms with Crippen LogP contribution in [0.3, 0.4) is 0 Å². The number of halogens is 2. The lowest BCUT2D eigenvalue weighted by molar-refractivity contribution is -0.119. The van der Waals surface area contributed by atoms with Crippen LogP contribution in [0.2, 0.25) is 0 Å². The number of carbonyl (C=O) groups excluding carboxylic acids is 1. The lowest BCUT2D eigenvalue weighted by Crippen LogP contribution is -2.38. The molecule has 1 amide bonds. The minimum Gasteiger partial charge on any atom is -0.368 e. The second kappa shape index (κ2) is 8.47. The van der Waals surface area contributed by atoms with Crippen LogP contribution in [0.4, 0.5) is 0 Å². The Balaban J connectivity index is 0. The van der Waals surface area contributed by atoms with E-state index < -0.39 is 0 Å². The molecule has 1 unspecified atom stereocenters. The van der Waals surface area contributed by atoms with Gasteiger partial charge in [0.05, 0.1) is 6.04 Å². The number of hydrogen-bond acceptors (Lipinski definition) is 3. The van der Waals surface area contributed by atoms with E-state index in [2.05, 4.69) is 10.3 Å². The van der Waals surface area contributed by atoms with Crippen molar-refractivity contribution >= 4 is 30.7 Å². The van der Waals surface area contributed by atoms with Gasteiger partial charge in [0.1, 0.15) is 0 Å². The van der Waals surface area contributed by atoms with E-state index in [1.165, 1.54) is 0 Å². The van der Waals surface area contributed by atoms with Gasteiger partial charge in [0.2, 0.25) is 5.91 Å². The summed E-state index contributed by atoms with van der Waals surface area (Å²) in [5.41, 5.74) is 6.17. The summed E-state index contributed by atoms with van der Waals surface area (Å²) in [6.45, 7) is 2.37. The van der Waals surface area contributed by atoms with Crippen LogP contribution in [0, 0.1) is 0 Å². The highest BCUT2D eigenvalue weighted by Gasteiger charge is 2.06. The third-order valence-electron chi connectivity index (χ3n) is 1.79. The molecule has 0 saturated carbocycles. The van der Waals surface area contributed by atoms with Crippen LogP contribution in [0.25, 0.3) is 0 Å². The van der Waals surface area contributed by atoms with E-state index in [0.717, 1.165) is 5.56 Å². The van der Waals surface area contributed by atoms with E-state index in [-0.39, 0.29) is 36.8 Å². The highest BCUT2D eigenvalue weighted by molar-refractivity contribution is 5.85. The number of nitrogens with two attached hydrogens (primary N) is 1. The predicted octanol–water partition coefficient (Wildman–Crippen LogP) is 0.889. The van der Waals surface area contributed by atoms with Crippen molar-refractivity contribution in [3.63, 3.8) is 0 Å². The molecule has 0 aromatic carbocycles. The summed E-state index contributed by atoms with van der Waals surface area (Å²) >= 11 is 0. The molecule has 0 aliphatic rings. The largest absolute Gasteiger partial charge is 0.368 e. The Morgan fingerprint density at radius 2 is 2.00 bits per heavy atom. The molecule has 86 valence electrons. The van der Waals surface area contributed by atoms with Crippen molar-refractivity contribution in [3.8, 4) is 0 Å². The molecule has 0 fully saturated rings. The van der Waals surface area contributed by atoms with Gasteiger partial charge in [0, 0.05) is 18.9 Å². The molecular weight excluding hydrogens is 237 g/mol. The first-order valence-electron chi connectivity index (χ1n) is 4.12. The van der Waals surface area contributed by atoms with Crippen LogP contribution >= 0.6 is 24.8 Å². The Morgan fingerprint density at radius 3 is 2.47 bits per heavy atom. The van der Waals surface area contributed by atoms with E-state index >= 15 is 0 Å². The van der Waals surface area contributed by atoms with Gasteiger partial charge in [-0.05, 0) is 24.6 Å². The summed E-state index contributed by atoms with van der Waals surface area (Å²) in [4.78, 5) is 14.6. The fourth-order valence-electron chi connectivity index (χ4n) is 0.872. The maximum atomic E-state index is 10.7. The van der Waals surface area contributed by atoms with Crippen LogP contribution in [0.5, 0.6) is 0 Å². The highest BCUT2D eigenvalue weighted by Crippen LogP contribution is 1.95. The summed E-state index contributed by atoms with van der Waals surface area (Å²) in [6, 6.07) is 3.48. The van der Waals surface area contributed by atoms with Crippen molar-refractivity contribution in [2.75, 3.05) is 0 Å². The molecule has 1 atom stereocenters. The third kappa shape index (κ3) is 6.28. The smallest absolute Gasteiger partial charge is 0.234 e. The molecular formula is C9H15Cl2N3O. The molecule has 6 heteroatoms. The zero-order chi connectivity index (χ0) is 9.68. The standard InChI is InChI=1S/C9H13N3O.2ClH/c1-7(9(10)13)12-6-8-2-4-11-5-3-8;;/h2-5,7,12H,6H2,1H3,(H2,10,13);2*1H. The average molecular weight is 252 g/mol. The molecule has 0 bridgehead atoms. The zero-order valence-corrected chi connectivity index (χ0v) is 9.98. The van der Waals surface area contributed by atoms with Gasteiger partial charge < -0.3 is 11.1 Å². The van der Waals surface area contributed by atoms with Crippen LogP contribution in [-0.4, -0.2) is 16.9 Å². The molecule has 15 heavy (non-hydrogen) atoms. The SMILES string of the molecule is CC(NCc1ccncc1)C(N)=O.Cl.Cl. The molecule has 0 spiro atoms. The summed E-state index contributed by atoms with van der Waals surface area (Å²) < 4.78 is 0. The van der Waals surface area contributed by atoms with Gasteiger partial charge in [-0.25, -0.2) is 0 Å². The number of primary amides is 1. The number of hydrogen-bond donors (Lipinski definition) is 2. The Kier molecular flexibility index (Phi) is 9.36. The predicted molar refractivity (Wildman–Crippen MR) is 64.2 cm³/mol. The third-order valence-corrected chi connectivity index (χ3v) is 1.79. The van der Waals surface area contributed by atoms with E-state index in [4.69, 9.17) is 5.73 Å². The van der Waals surface area contributed by atoms with Crippen molar-refractivity contribution in [1.82, 2.24) is 10.3 Å². The molecule has 1 aromatic heterocycles. The van der Waals surface area contributed by atoms with Gasteiger partial charge in [-0.3, -0.25) is 9.78 Å². The second-order valence-electron chi connectivity index (χ2n) is 2.86. The Labute approximate surface area is 101 Å². The molecule has 3 N–H and O–H groups in total. The first kappa shape index (κ1) is 16.6. The summed E-state index contributed by atoms with van der Waals surface area (Å²) in [7, 11) is 0. The fraction of sp³-hybridized carbons (Fsp3) is 0.333. The second-order valence-corrected chi connectivity index (χ2v) is 2.86. The van der Waals surface area contributed by atoms with E-state index in [1.54, 1.807) is 19.3 Å². The number of nitrogens with zero attached hydrogens (tertiary/aromatic N) is 1. The Bertz CT molecular complexity index is 282. The molecule has 1 aromatic rings. The number of nitrogens with one attached hydrogen (secondary N) is 1. The molecule has 4 nitrogen and oxygen atoms in total. The quantitative estimate of drug-likeness (QED) is 0.836. The normalized spacial score (nSPS) is 10.7. The van der Waals surface area contributed by atoms with E-state index in [1.807, 2.05) is 12.1 Å². The first-order chi connectivity index (χ1) is 6.20. The lowest BCUT2D eigenvalue weighted by Gasteiger charge is -2.09. The molecule has 0 radical (unpaired) electrons. The molecule has 0 aliphatic carbocycles. The summed E-state index contributed by atoms with van der Waals surface area (Å²) in [6.07, 6.45) is 3.43. The van der Waals surface area contributed by atoms with Crippen LogP contribution in [0.1, 0.15) is 12.5 Å². The maximum Gasteiger partial charge on any atom is 0.234 e. The number of rotatable bonds is 4. The minimum absolute atomic E-state index is 0. The molecule has 0 aliphatic heterocycles. The topological polar surface area (TPSA) is 68.0 Å². The van der Waals surface area contributed by atoms with Crippen molar-refractivity contribution in [1.29, 1.82) is 0 Å². The lowest BCUT2D eigenvalue weighted by atomic mass is 10.2. The van der Waals surface area contributed by atoms with E-state index in [0.29, 0.717) is 6.54 Å². The van der Waals surface area contributed by atoms with Gasteiger partial charge in [-0.2, -0.15) is 0 Å². The summed E-state index contributed by atoms with van der Waals surface area (Å²) in [5, 5.41) is 3.00. The van der Waals surface area contributed by atoms with Gasteiger partial charge in [0.15, 0.2) is 0 Å². The molecule has 1 heterocycles. The van der Waals surface area contributed by atoms with Gasteiger partial charge in [0.25, 0.3) is 0 Å². The number of aromatic nitrogens is 1. The monoisotopic (exact) mass is 251 g/mol. The number of amides is 1. The van der Waals surface area contributed by atoms with Crippen molar-refractivity contribution in [2.45, 2.75) is 19.5 Å². The van der Waals surface area contributed by atoms with Crippen LogP contribution in [-0.2, 0) is 11.3 Å². The molecule has 1 rings (SSSR count). The average Bonchev–Trinajstić information content (AvgIpc) is 2.15. The van der Waals surface area contributed by atoms with Gasteiger partial charge in [-0.1, -0.05) is 0 Å². The maximum absolute atomic E-state index is 10.7. The first-order valence-corrected chi connectivity index (χ1v) is 4.12. The Morgan fingerprint density at radius 1 is 1.47 bits per heavy atom.